The average molecular weight is 374 g/mol. The molecule has 1 aliphatic carbocycles. The third kappa shape index (κ3) is 2.64. The number of carbonyl (C=O) groups excluding carboxylic acids is 1. The molecule has 0 saturated carbocycles. The average Bonchev–Trinajstić information content (AvgIpc) is 3.11. The van der Waals surface area contributed by atoms with E-state index in [-0.39, 0.29) is 11.6 Å². The number of fused-ring (bicyclic) bond motifs is 1. The number of rotatable bonds is 2. The molecule has 140 valence electrons. The highest BCUT2D eigenvalue weighted by atomic mass is 19.1. The zero-order valence-corrected chi connectivity index (χ0v) is 15.4. The quantitative estimate of drug-likeness (QED) is 0.722. The van der Waals surface area contributed by atoms with E-state index in [1.807, 2.05) is 31.2 Å². The van der Waals surface area contributed by atoms with Gasteiger partial charge in [0.05, 0.1) is 0 Å². The maximum absolute atomic E-state index is 14.7. The summed E-state index contributed by atoms with van der Waals surface area (Å²) >= 11 is 0. The lowest BCUT2D eigenvalue weighted by molar-refractivity contribution is -0.116. The third-order valence-electron chi connectivity index (χ3n) is 5.38. The van der Waals surface area contributed by atoms with Crippen molar-refractivity contribution in [1.82, 2.24) is 14.8 Å². The van der Waals surface area contributed by atoms with Crippen molar-refractivity contribution in [3.05, 3.63) is 76.7 Å². The van der Waals surface area contributed by atoms with Crippen molar-refractivity contribution >= 4 is 11.7 Å². The summed E-state index contributed by atoms with van der Waals surface area (Å²) in [6, 6.07) is 13.9. The van der Waals surface area contributed by atoms with Crippen LogP contribution in [0.25, 0.3) is 11.4 Å². The highest BCUT2D eigenvalue weighted by Crippen LogP contribution is 2.41. The van der Waals surface area contributed by atoms with E-state index in [1.54, 1.807) is 22.9 Å². The standard InChI is InChI=1S/C22H19FN4O/c1-13-9-11-14(12-10-13)21-25-22-24-17-7-4-8-18(28)19(17)20(27(22)26-21)15-5-2-3-6-16(15)23/h2-3,5-6,9-12,20H,4,7-8H2,1H3,(H,24,25,26)/t20-/m1/s1. The van der Waals surface area contributed by atoms with Crippen LogP contribution in [0, 0.1) is 12.7 Å². The Labute approximate surface area is 161 Å². The van der Waals surface area contributed by atoms with Crippen molar-refractivity contribution in [2.24, 2.45) is 0 Å². The molecule has 2 aromatic carbocycles. The number of aryl methyl sites for hydroxylation is 1. The second-order valence-corrected chi connectivity index (χ2v) is 7.29. The van der Waals surface area contributed by atoms with Crippen LogP contribution in [0.1, 0.15) is 36.4 Å². The van der Waals surface area contributed by atoms with Gasteiger partial charge in [-0.05, 0) is 25.8 Å². The van der Waals surface area contributed by atoms with Crippen LogP contribution in [0.5, 0.6) is 0 Å². The number of anilines is 1. The monoisotopic (exact) mass is 374 g/mol. The molecule has 5 rings (SSSR count). The molecule has 0 amide bonds. The Morgan fingerprint density at radius 2 is 1.89 bits per heavy atom. The molecule has 3 aromatic rings. The Kier molecular flexibility index (Phi) is 3.86. The topological polar surface area (TPSA) is 59.8 Å². The minimum Gasteiger partial charge on any atom is -0.328 e. The smallest absolute Gasteiger partial charge is 0.226 e. The number of Topliss-reactive ketones (excluding diaryl/α,β-unsaturated/α-hetero) is 1. The Balaban J connectivity index is 1.69. The van der Waals surface area contributed by atoms with Gasteiger partial charge in [0.25, 0.3) is 0 Å². The molecule has 0 radical (unpaired) electrons. The van der Waals surface area contributed by atoms with Crippen LogP contribution in [-0.4, -0.2) is 20.5 Å². The van der Waals surface area contributed by atoms with Gasteiger partial charge in [-0.25, -0.2) is 9.07 Å². The fourth-order valence-corrected chi connectivity index (χ4v) is 3.97. The van der Waals surface area contributed by atoms with Crippen molar-refractivity contribution < 1.29 is 9.18 Å². The SMILES string of the molecule is Cc1ccc(-c2nc3n(n2)[C@H](c2ccccc2F)C2=C(CCCC2=O)N3)cc1. The van der Waals surface area contributed by atoms with E-state index in [2.05, 4.69) is 15.4 Å². The molecule has 0 spiro atoms. The van der Waals surface area contributed by atoms with Crippen LogP contribution < -0.4 is 5.32 Å². The number of nitrogens with zero attached hydrogens (tertiary/aromatic N) is 3. The molecule has 2 heterocycles. The molecule has 0 fully saturated rings. The summed E-state index contributed by atoms with van der Waals surface area (Å²) in [7, 11) is 0. The van der Waals surface area contributed by atoms with Gasteiger partial charge < -0.3 is 5.32 Å². The lowest BCUT2D eigenvalue weighted by Gasteiger charge is -2.32. The summed E-state index contributed by atoms with van der Waals surface area (Å²) in [6.07, 6.45) is 2.01. The first-order chi connectivity index (χ1) is 13.6. The van der Waals surface area contributed by atoms with E-state index in [4.69, 9.17) is 0 Å². The van der Waals surface area contributed by atoms with Crippen LogP contribution in [0.15, 0.2) is 59.8 Å². The number of ketones is 1. The van der Waals surface area contributed by atoms with Gasteiger partial charge in [0.15, 0.2) is 11.6 Å². The lowest BCUT2D eigenvalue weighted by atomic mass is 9.85. The van der Waals surface area contributed by atoms with Gasteiger partial charge in [-0.2, -0.15) is 4.98 Å². The molecule has 1 N–H and O–H groups in total. The van der Waals surface area contributed by atoms with E-state index in [0.717, 1.165) is 29.7 Å². The largest absolute Gasteiger partial charge is 0.328 e. The molecule has 1 atom stereocenters. The minimum absolute atomic E-state index is 0.0417. The van der Waals surface area contributed by atoms with Crippen molar-refractivity contribution in [2.75, 3.05) is 5.32 Å². The molecule has 0 bridgehead atoms. The van der Waals surface area contributed by atoms with Crippen LogP contribution in [0.4, 0.5) is 10.3 Å². The normalized spacial score (nSPS) is 18.5. The number of nitrogens with one attached hydrogen (secondary N) is 1. The molecular formula is C22H19FN4O. The zero-order valence-electron chi connectivity index (χ0n) is 15.4. The number of halogens is 1. The maximum Gasteiger partial charge on any atom is 0.226 e. The molecule has 5 nitrogen and oxygen atoms in total. The number of aromatic nitrogens is 3. The molecule has 1 aromatic heterocycles. The first kappa shape index (κ1) is 16.9. The summed E-state index contributed by atoms with van der Waals surface area (Å²) in [5.41, 5.74) is 3.90. The Bertz CT molecular complexity index is 1110. The summed E-state index contributed by atoms with van der Waals surface area (Å²) in [5.74, 6) is 0.784. The van der Waals surface area contributed by atoms with Crippen molar-refractivity contribution in [1.29, 1.82) is 0 Å². The van der Waals surface area contributed by atoms with Crippen molar-refractivity contribution in [3.8, 4) is 11.4 Å². The first-order valence-electron chi connectivity index (χ1n) is 9.43. The summed E-state index contributed by atoms with van der Waals surface area (Å²) < 4.78 is 16.4. The summed E-state index contributed by atoms with van der Waals surface area (Å²) in [4.78, 5) is 17.4. The summed E-state index contributed by atoms with van der Waals surface area (Å²) in [6.45, 7) is 2.02. The van der Waals surface area contributed by atoms with Crippen molar-refractivity contribution in [3.63, 3.8) is 0 Å². The summed E-state index contributed by atoms with van der Waals surface area (Å²) in [5, 5.41) is 7.94. The van der Waals surface area contributed by atoms with Gasteiger partial charge in [0.2, 0.25) is 5.95 Å². The Morgan fingerprint density at radius 3 is 2.68 bits per heavy atom. The minimum atomic E-state index is -0.605. The number of allylic oxidation sites excluding steroid dienone is 2. The number of carbonyl (C=O) groups is 1. The highest BCUT2D eigenvalue weighted by molar-refractivity contribution is 5.99. The first-order valence-corrected chi connectivity index (χ1v) is 9.43. The van der Waals surface area contributed by atoms with E-state index in [9.17, 15) is 9.18 Å². The van der Waals surface area contributed by atoms with Crippen LogP contribution in [0.3, 0.4) is 0 Å². The fraction of sp³-hybridized carbons (Fsp3) is 0.227. The Hall–Kier alpha value is -3.28. The molecule has 0 unspecified atom stereocenters. The van der Waals surface area contributed by atoms with Crippen LogP contribution in [0.2, 0.25) is 0 Å². The van der Waals surface area contributed by atoms with E-state index >= 15 is 0 Å². The fourth-order valence-electron chi connectivity index (χ4n) is 3.97. The number of benzene rings is 2. The molecule has 6 heteroatoms. The maximum atomic E-state index is 14.7. The molecule has 28 heavy (non-hydrogen) atoms. The van der Waals surface area contributed by atoms with E-state index in [1.165, 1.54) is 6.07 Å². The Morgan fingerprint density at radius 1 is 1.11 bits per heavy atom. The van der Waals surface area contributed by atoms with Crippen molar-refractivity contribution in [2.45, 2.75) is 32.2 Å². The molecular weight excluding hydrogens is 355 g/mol. The third-order valence-corrected chi connectivity index (χ3v) is 5.38. The van der Waals surface area contributed by atoms with Gasteiger partial charge in [0.1, 0.15) is 11.9 Å². The second kappa shape index (κ2) is 6.41. The van der Waals surface area contributed by atoms with Gasteiger partial charge in [-0.1, -0.05) is 48.0 Å². The number of hydrogen-bond donors (Lipinski definition) is 1. The molecule has 0 saturated heterocycles. The molecule has 1 aliphatic heterocycles. The van der Waals surface area contributed by atoms with Gasteiger partial charge in [0, 0.05) is 28.8 Å². The van der Waals surface area contributed by atoms with E-state index in [0.29, 0.717) is 29.3 Å². The highest BCUT2D eigenvalue weighted by Gasteiger charge is 2.37. The second-order valence-electron chi connectivity index (χ2n) is 7.29. The predicted molar refractivity (Wildman–Crippen MR) is 104 cm³/mol. The lowest BCUT2D eigenvalue weighted by Crippen LogP contribution is -2.32. The van der Waals surface area contributed by atoms with Gasteiger partial charge in [-0.15, -0.1) is 5.10 Å². The van der Waals surface area contributed by atoms with Crippen LogP contribution >= 0.6 is 0 Å². The van der Waals surface area contributed by atoms with Gasteiger partial charge >= 0.3 is 0 Å². The van der Waals surface area contributed by atoms with E-state index < -0.39 is 6.04 Å². The van der Waals surface area contributed by atoms with Crippen LogP contribution in [-0.2, 0) is 4.79 Å². The predicted octanol–water partition coefficient (Wildman–Crippen LogP) is 4.41. The molecule has 2 aliphatic rings. The number of hydrogen-bond acceptors (Lipinski definition) is 4. The zero-order chi connectivity index (χ0) is 19.3. The van der Waals surface area contributed by atoms with Gasteiger partial charge in [-0.3, -0.25) is 4.79 Å².